The minimum absolute atomic E-state index is 0.482. The summed E-state index contributed by atoms with van der Waals surface area (Å²) in [5.74, 6) is 1.64. The fourth-order valence-corrected chi connectivity index (χ4v) is 3.28. The number of benzene rings is 1. The van der Waals surface area contributed by atoms with Crippen molar-refractivity contribution in [1.29, 1.82) is 0 Å². The standard InChI is InChI=1S/C15H19Cl2N3O/c16-11-1-2-12(14(17)8-11)13-7-10(13)9-19-15(18)20-3-5-21-6-4-20/h1-2,8,10,13H,3-7,9H2,(H2,18,19)/t10-,13+/m0/s1. The van der Waals surface area contributed by atoms with Crippen molar-refractivity contribution < 1.29 is 4.74 Å². The van der Waals surface area contributed by atoms with Gasteiger partial charge in [0.15, 0.2) is 5.96 Å². The number of hydrogen-bond donors (Lipinski definition) is 1. The summed E-state index contributed by atoms with van der Waals surface area (Å²) in [6.45, 7) is 3.86. The first-order valence-electron chi connectivity index (χ1n) is 7.22. The maximum absolute atomic E-state index is 6.25. The second kappa shape index (κ2) is 6.42. The van der Waals surface area contributed by atoms with Crippen molar-refractivity contribution in [2.75, 3.05) is 32.8 Å². The molecule has 0 amide bonds. The van der Waals surface area contributed by atoms with E-state index in [-0.39, 0.29) is 0 Å². The summed E-state index contributed by atoms with van der Waals surface area (Å²) < 4.78 is 5.31. The molecule has 1 aromatic rings. The molecule has 0 aromatic heterocycles. The SMILES string of the molecule is NC(=NC[C@@H]1C[C@H]1c1ccc(Cl)cc1Cl)N1CCOCC1. The Balaban J connectivity index is 1.56. The molecule has 0 bridgehead atoms. The van der Waals surface area contributed by atoms with Crippen molar-refractivity contribution >= 4 is 29.2 Å². The Bertz CT molecular complexity index is 544. The molecule has 6 heteroatoms. The second-order valence-corrected chi connectivity index (χ2v) is 6.41. The van der Waals surface area contributed by atoms with Crippen LogP contribution < -0.4 is 5.73 Å². The maximum atomic E-state index is 6.25. The Hall–Kier alpha value is -0.970. The molecule has 1 saturated heterocycles. The largest absolute Gasteiger partial charge is 0.378 e. The van der Waals surface area contributed by atoms with Crippen LogP contribution >= 0.6 is 23.2 Å². The lowest BCUT2D eigenvalue weighted by Crippen LogP contribution is -2.44. The quantitative estimate of drug-likeness (QED) is 0.686. The van der Waals surface area contributed by atoms with Crippen LogP contribution in [-0.2, 0) is 4.74 Å². The van der Waals surface area contributed by atoms with Gasteiger partial charge >= 0.3 is 0 Å². The molecule has 1 aliphatic carbocycles. The van der Waals surface area contributed by atoms with Gasteiger partial charge in [0.2, 0.25) is 0 Å². The lowest BCUT2D eigenvalue weighted by Gasteiger charge is -2.27. The summed E-state index contributed by atoms with van der Waals surface area (Å²) in [7, 11) is 0. The van der Waals surface area contributed by atoms with Crippen molar-refractivity contribution in [1.82, 2.24) is 4.90 Å². The summed E-state index contributed by atoms with van der Waals surface area (Å²) in [6.07, 6.45) is 1.11. The molecule has 3 rings (SSSR count). The van der Waals surface area contributed by atoms with Crippen LogP contribution in [0, 0.1) is 5.92 Å². The zero-order chi connectivity index (χ0) is 14.8. The van der Waals surface area contributed by atoms with E-state index < -0.39 is 0 Å². The molecule has 21 heavy (non-hydrogen) atoms. The molecule has 1 aromatic carbocycles. The predicted molar refractivity (Wildman–Crippen MR) is 86.2 cm³/mol. The lowest BCUT2D eigenvalue weighted by molar-refractivity contribution is 0.0674. The average molecular weight is 328 g/mol. The Labute approximate surface area is 134 Å². The summed E-state index contributed by atoms with van der Waals surface area (Å²) in [5, 5.41) is 1.43. The molecule has 1 heterocycles. The molecule has 0 unspecified atom stereocenters. The van der Waals surface area contributed by atoms with Gasteiger partial charge in [-0.25, -0.2) is 0 Å². The van der Waals surface area contributed by atoms with Crippen LogP contribution in [0.25, 0.3) is 0 Å². The zero-order valence-electron chi connectivity index (χ0n) is 11.8. The number of nitrogens with two attached hydrogens (primary N) is 1. The first-order valence-corrected chi connectivity index (χ1v) is 7.98. The molecule has 0 radical (unpaired) electrons. The van der Waals surface area contributed by atoms with Gasteiger partial charge < -0.3 is 15.4 Å². The third-order valence-electron chi connectivity index (χ3n) is 4.11. The maximum Gasteiger partial charge on any atom is 0.191 e. The van der Waals surface area contributed by atoms with Crippen molar-refractivity contribution in [3.05, 3.63) is 33.8 Å². The predicted octanol–water partition coefficient (Wildman–Crippen LogP) is 2.74. The minimum atomic E-state index is 0.482. The van der Waals surface area contributed by atoms with Crippen LogP contribution in [0.5, 0.6) is 0 Å². The molecule has 2 atom stereocenters. The highest BCUT2D eigenvalue weighted by molar-refractivity contribution is 6.35. The smallest absolute Gasteiger partial charge is 0.191 e. The van der Waals surface area contributed by atoms with E-state index in [0.29, 0.717) is 22.8 Å². The highest BCUT2D eigenvalue weighted by atomic mass is 35.5. The second-order valence-electron chi connectivity index (χ2n) is 5.57. The van der Waals surface area contributed by atoms with Crippen molar-refractivity contribution in [2.45, 2.75) is 12.3 Å². The fourth-order valence-electron chi connectivity index (χ4n) is 2.74. The van der Waals surface area contributed by atoms with E-state index in [2.05, 4.69) is 9.89 Å². The first-order chi connectivity index (χ1) is 10.1. The molecular formula is C15H19Cl2N3O. The van der Waals surface area contributed by atoms with Crippen LogP contribution in [0.2, 0.25) is 10.0 Å². The van der Waals surface area contributed by atoms with Crippen LogP contribution in [0.3, 0.4) is 0 Å². The van der Waals surface area contributed by atoms with E-state index >= 15 is 0 Å². The normalized spacial score (nSPS) is 26.0. The summed E-state index contributed by atoms with van der Waals surface area (Å²) in [6, 6.07) is 5.72. The van der Waals surface area contributed by atoms with E-state index in [1.165, 1.54) is 5.56 Å². The van der Waals surface area contributed by atoms with E-state index in [4.69, 9.17) is 33.7 Å². The van der Waals surface area contributed by atoms with Gasteiger partial charge in [0, 0.05) is 29.7 Å². The monoisotopic (exact) mass is 327 g/mol. The van der Waals surface area contributed by atoms with Crippen LogP contribution in [0.15, 0.2) is 23.2 Å². The zero-order valence-corrected chi connectivity index (χ0v) is 13.3. The van der Waals surface area contributed by atoms with Crippen LogP contribution in [0.4, 0.5) is 0 Å². The van der Waals surface area contributed by atoms with Gasteiger partial charge in [-0.2, -0.15) is 0 Å². The van der Waals surface area contributed by atoms with Crippen molar-refractivity contribution in [2.24, 2.45) is 16.6 Å². The van der Waals surface area contributed by atoms with Gasteiger partial charge in [0.1, 0.15) is 0 Å². The Kier molecular flexibility index (Phi) is 4.57. The van der Waals surface area contributed by atoms with Crippen LogP contribution in [-0.4, -0.2) is 43.7 Å². The number of aliphatic imine (C=N–C) groups is 1. The van der Waals surface area contributed by atoms with Crippen molar-refractivity contribution in [3.63, 3.8) is 0 Å². The number of rotatable bonds is 3. The number of ether oxygens (including phenoxy) is 1. The lowest BCUT2D eigenvalue weighted by atomic mass is 10.1. The Morgan fingerprint density at radius 2 is 2.10 bits per heavy atom. The molecule has 4 nitrogen and oxygen atoms in total. The van der Waals surface area contributed by atoms with E-state index in [1.807, 2.05) is 12.1 Å². The molecule has 114 valence electrons. The number of morpholine rings is 1. The number of nitrogens with zero attached hydrogens (tertiary/aromatic N) is 2. The first kappa shape index (κ1) is 14.9. The van der Waals surface area contributed by atoms with E-state index in [9.17, 15) is 0 Å². The molecule has 2 fully saturated rings. The van der Waals surface area contributed by atoms with Gasteiger partial charge in [0.25, 0.3) is 0 Å². The minimum Gasteiger partial charge on any atom is -0.378 e. The number of halogens is 2. The number of guanidine groups is 1. The summed E-state index contributed by atoms with van der Waals surface area (Å²) in [4.78, 5) is 6.61. The van der Waals surface area contributed by atoms with Crippen molar-refractivity contribution in [3.8, 4) is 0 Å². The number of hydrogen-bond acceptors (Lipinski definition) is 2. The molecule has 2 N–H and O–H groups in total. The molecule has 1 aliphatic heterocycles. The van der Waals surface area contributed by atoms with E-state index in [1.54, 1.807) is 6.07 Å². The molecular weight excluding hydrogens is 309 g/mol. The van der Waals surface area contributed by atoms with Gasteiger partial charge in [0.05, 0.1) is 13.2 Å². The van der Waals surface area contributed by atoms with Gasteiger partial charge in [-0.1, -0.05) is 29.3 Å². The summed E-state index contributed by atoms with van der Waals surface area (Å²) >= 11 is 12.2. The Morgan fingerprint density at radius 3 is 2.81 bits per heavy atom. The fraction of sp³-hybridized carbons (Fsp3) is 0.533. The highest BCUT2D eigenvalue weighted by Gasteiger charge is 2.39. The third kappa shape index (κ3) is 3.62. The molecule has 0 spiro atoms. The molecule has 1 saturated carbocycles. The van der Waals surface area contributed by atoms with Gasteiger partial charge in [-0.3, -0.25) is 4.99 Å². The third-order valence-corrected chi connectivity index (χ3v) is 4.67. The average Bonchev–Trinajstić information content (AvgIpc) is 3.25. The topological polar surface area (TPSA) is 50.8 Å². The van der Waals surface area contributed by atoms with Gasteiger partial charge in [-0.05, 0) is 36.0 Å². The van der Waals surface area contributed by atoms with E-state index in [0.717, 1.165) is 44.3 Å². The van der Waals surface area contributed by atoms with Crippen LogP contribution in [0.1, 0.15) is 17.9 Å². The molecule has 2 aliphatic rings. The highest BCUT2D eigenvalue weighted by Crippen LogP contribution is 2.50. The Morgan fingerprint density at radius 1 is 1.33 bits per heavy atom. The summed E-state index contributed by atoms with van der Waals surface area (Å²) in [5.41, 5.74) is 7.21. The van der Waals surface area contributed by atoms with Gasteiger partial charge in [-0.15, -0.1) is 0 Å².